The average molecular weight is 467 g/mol. The third-order valence-corrected chi connectivity index (χ3v) is 3.80. The number of fused-ring (bicyclic) bond motifs is 1. The number of para-hydroxylation sites is 1. The summed E-state index contributed by atoms with van der Waals surface area (Å²) in [6, 6.07) is 15.5. The lowest BCUT2D eigenvalue weighted by Gasteiger charge is -2.09. The highest BCUT2D eigenvalue weighted by Gasteiger charge is 2.05. The molecule has 0 atom stereocenters. The number of furan rings is 1. The fraction of sp³-hybridized carbons (Fsp3) is 0.211. The molecule has 138 valence electrons. The van der Waals surface area contributed by atoms with Gasteiger partial charge in [-0.1, -0.05) is 24.3 Å². The molecule has 0 aliphatic carbocycles. The van der Waals surface area contributed by atoms with Gasteiger partial charge >= 0.3 is 0 Å². The van der Waals surface area contributed by atoms with E-state index in [9.17, 15) is 0 Å². The summed E-state index contributed by atoms with van der Waals surface area (Å²) in [5.41, 5.74) is 7.77. The molecule has 0 radical (unpaired) electrons. The van der Waals surface area contributed by atoms with Crippen molar-refractivity contribution < 1.29 is 13.9 Å². The molecule has 3 aromatic rings. The lowest BCUT2D eigenvalue weighted by Crippen LogP contribution is -2.30. The van der Waals surface area contributed by atoms with Crippen molar-refractivity contribution in [3.8, 4) is 11.5 Å². The normalized spacial score (nSPS) is 11.1. The Balaban J connectivity index is 0.00000243. The van der Waals surface area contributed by atoms with Crippen molar-refractivity contribution in [1.29, 1.82) is 0 Å². The van der Waals surface area contributed by atoms with Crippen LogP contribution in [0.4, 0.5) is 0 Å². The van der Waals surface area contributed by atoms with Gasteiger partial charge in [-0.05, 0) is 29.8 Å². The van der Waals surface area contributed by atoms with Crippen molar-refractivity contribution >= 4 is 40.9 Å². The van der Waals surface area contributed by atoms with Crippen LogP contribution >= 0.6 is 24.0 Å². The largest absolute Gasteiger partial charge is 0.493 e. The van der Waals surface area contributed by atoms with Crippen LogP contribution in [0.15, 0.2) is 57.9 Å². The molecule has 0 fully saturated rings. The summed E-state index contributed by atoms with van der Waals surface area (Å²) in [7, 11) is 3.21. The first-order valence-corrected chi connectivity index (χ1v) is 7.91. The van der Waals surface area contributed by atoms with Crippen molar-refractivity contribution in [3.63, 3.8) is 0 Å². The van der Waals surface area contributed by atoms with Crippen LogP contribution in [-0.4, -0.2) is 20.2 Å². The highest BCUT2D eigenvalue weighted by atomic mass is 127. The van der Waals surface area contributed by atoms with E-state index in [-0.39, 0.29) is 24.0 Å². The molecular weight excluding hydrogens is 445 g/mol. The fourth-order valence-electron chi connectivity index (χ4n) is 2.51. The Kier molecular flexibility index (Phi) is 7.14. The molecule has 6 nitrogen and oxygen atoms in total. The summed E-state index contributed by atoms with van der Waals surface area (Å²) in [6.45, 7) is 0.926. The molecule has 0 bridgehead atoms. The number of nitrogens with one attached hydrogen (secondary N) is 1. The van der Waals surface area contributed by atoms with Gasteiger partial charge < -0.3 is 24.9 Å². The molecular formula is C19H22IN3O3. The number of nitrogens with zero attached hydrogens (tertiary/aromatic N) is 1. The minimum atomic E-state index is 0. The summed E-state index contributed by atoms with van der Waals surface area (Å²) in [5.74, 6) is 2.52. The van der Waals surface area contributed by atoms with Crippen LogP contribution in [0.5, 0.6) is 11.5 Å². The third-order valence-electron chi connectivity index (χ3n) is 3.80. The second kappa shape index (κ2) is 9.33. The Morgan fingerprint density at radius 2 is 1.85 bits per heavy atom. The van der Waals surface area contributed by atoms with Gasteiger partial charge in [-0.25, -0.2) is 4.99 Å². The number of hydrogen-bond donors (Lipinski definition) is 2. The molecule has 0 unspecified atom stereocenters. The molecule has 2 aromatic carbocycles. The molecule has 1 aromatic heterocycles. The van der Waals surface area contributed by atoms with Crippen LogP contribution in [0, 0.1) is 0 Å². The van der Waals surface area contributed by atoms with E-state index in [2.05, 4.69) is 10.3 Å². The first kappa shape index (κ1) is 19.9. The summed E-state index contributed by atoms with van der Waals surface area (Å²) in [4.78, 5) is 4.34. The Morgan fingerprint density at radius 3 is 2.58 bits per heavy atom. The van der Waals surface area contributed by atoms with Crippen LogP contribution in [0.25, 0.3) is 11.0 Å². The van der Waals surface area contributed by atoms with E-state index in [4.69, 9.17) is 19.6 Å². The monoisotopic (exact) mass is 467 g/mol. The molecule has 0 spiro atoms. The van der Waals surface area contributed by atoms with E-state index >= 15 is 0 Å². The molecule has 0 aliphatic heterocycles. The van der Waals surface area contributed by atoms with Gasteiger partial charge in [0.2, 0.25) is 0 Å². The Bertz CT molecular complexity index is 860. The van der Waals surface area contributed by atoms with Crippen molar-refractivity contribution in [3.05, 3.63) is 59.9 Å². The van der Waals surface area contributed by atoms with E-state index in [0.29, 0.717) is 30.5 Å². The van der Waals surface area contributed by atoms with Crippen molar-refractivity contribution in [1.82, 2.24) is 5.32 Å². The number of hydrogen-bond acceptors (Lipinski definition) is 4. The quantitative estimate of drug-likeness (QED) is 0.329. The second-order valence-electron chi connectivity index (χ2n) is 5.49. The first-order chi connectivity index (χ1) is 12.2. The van der Waals surface area contributed by atoms with E-state index in [0.717, 1.165) is 22.3 Å². The summed E-state index contributed by atoms with van der Waals surface area (Å²) >= 11 is 0. The smallest absolute Gasteiger partial charge is 0.189 e. The number of benzene rings is 2. The molecule has 26 heavy (non-hydrogen) atoms. The second-order valence-corrected chi connectivity index (χ2v) is 5.49. The fourth-order valence-corrected chi connectivity index (χ4v) is 2.51. The predicted molar refractivity (Wildman–Crippen MR) is 113 cm³/mol. The van der Waals surface area contributed by atoms with Gasteiger partial charge in [-0.2, -0.15) is 0 Å². The Labute approximate surface area is 169 Å². The zero-order valence-electron chi connectivity index (χ0n) is 14.7. The molecule has 0 saturated carbocycles. The van der Waals surface area contributed by atoms with E-state index in [1.807, 2.05) is 48.5 Å². The van der Waals surface area contributed by atoms with E-state index in [1.165, 1.54) is 0 Å². The van der Waals surface area contributed by atoms with Crippen molar-refractivity contribution in [2.24, 2.45) is 10.7 Å². The highest BCUT2D eigenvalue weighted by molar-refractivity contribution is 14.0. The third kappa shape index (κ3) is 4.81. The highest BCUT2D eigenvalue weighted by Crippen LogP contribution is 2.27. The topological polar surface area (TPSA) is 82.0 Å². The van der Waals surface area contributed by atoms with Gasteiger partial charge in [-0.15, -0.1) is 24.0 Å². The van der Waals surface area contributed by atoms with Gasteiger partial charge in [0.15, 0.2) is 17.5 Å². The number of rotatable bonds is 6. The van der Waals surface area contributed by atoms with Crippen LogP contribution in [-0.2, 0) is 13.1 Å². The van der Waals surface area contributed by atoms with E-state index < -0.39 is 0 Å². The maximum absolute atomic E-state index is 5.93. The Hall–Kier alpha value is -2.42. The maximum atomic E-state index is 5.93. The summed E-state index contributed by atoms with van der Waals surface area (Å²) in [5, 5.41) is 4.13. The van der Waals surface area contributed by atoms with Crippen molar-refractivity contribution in [2.45, 2.75) is 13.1 Å². The maximum Gasteiger partial charge on any atom is 0.189 e. The number of nitrogens with two attached hydrogens (primary N) is 1. The van der Waals surface area contributed by atoms with Crippen molar-refractivity contribution in [2.75, 3.05) is 14.2 Å². The zero-order valence-corrected chi connectivity index (χ0v) is 17.0. The van der Waals surface area contributed by atoms with Crippen LogP contribution in [0.2, 0.25) is 0 Å². The average Bonchev–Trinajstić information content (AvgIpc) is 3.07. The first-order valence-electron chi connectivity index (χ1n) is 7.91. The lowest BCUT2D eigenvalue weighted by molar-refractivity contribution is 0.354. The van der Waals surface area contributed by atoms with Gasteiger partial charge in [-0.3, -0.25) is 0 Å². The molecule has 0 amide bonds. The summed E-state index contributed by atoms with van der Waals surface area (Å²) in [6.07, 6.45) is 0. The number of guanidine groups is 1. The molecule has 7 heteroatoms. The van der Waals surface area contributed by atoms with E-state index in [1.54, 1.807) is 14.2 Å². The van der Waals surface area contributed by atoms with Gasteiger partial charge in [0.1, 0.15) is 11.3 Å². The minimum Gasteiger partial charge on any atom is -0.493 e. The summed E-state index contributed by atoms with van der Waals surface area (Å²) < 4.78 is 16.2. The number of aliphatic imine (C=N–C) groups is 1. The molecule has 0 aliphatic rings. The molecule has 3 N–H and O–H groups in total. The van der Waals surface area contributed by atoms with Crippen LogP contribution < -0.4 is 20.5 Å². The number of methoxy groups -OCH3 is 2. The SMILES string of the molecule is COc1ccc(CN=C(N)NCc2cc3ccccc3o2)cc1OC.I. The van der Waals surface area contributed by atoms with Crippen LogP contribution in [0.3, 0.4) is 0 Å². The van der Waals surface area contributed by atoms with Gasteiger partial charge in [0, 0.05) is 5.39 Å². The minimum absolute atomic E-state index is 0. The van der Waals surface area contributed by atoms with Gasteiger partial charge in [0.25, 0.3) is 0 Å². The molecule has 3 rings (SSSR count). The van der Waals surface area contributed by atoms with Gasteiger partial charge in [0.05, 0.1) is 27.3 Å². The lowest BCUT2D eigenvalue weighted by atomic mass is 10.2. The standard InChI is InChI=1S/C19H21N3O3.HI/c1-23-17-8-7-13(9-18(17)24-2)11-21-19(20)22-12-15-10-14-5-3-4-6-16(14)25-15;/h3-10H,11-12H2,1-2H3,(H3,20,21,22);1H. The molecule has 0 saturated heterocycles. The number of halogens is 1. The zero-order chi connectivity index (χ0) is 17.6. The predicted octanol–water partition coefficient (Wildman–Crippen LogP) is 3.67. The number of ether oxygens (including phenoxy) is 2. The molecule has 1 heterocycles. The van der Waals surface area contributed by atoms with Crippen LogP contribution in [0.1, 0.15) is 11.3 Å². The Morgan fingerprint density at radius 1 is 1.08 bits per heavy atom.